The van der Waals surface area contributed by atoms with Crippen molar-refractivity contribution < 1.29 is 53.1 Å². The molecule has 0 aromatic heterocycles. The van der Waals surface area contributed by atoms with Crippen LogP contribution < -0.4 is 99.5 Å². The summed E-state index contributed by atoms with van der Waals surface area (Å²) in [5.74, 6) is -12.4. The standard InChI is InChI=1S/C54H104N22O11/c1-25(2)35(45(81)72-36(26(3)4)46(82)73-37(27(5)6)47(83)74-38(28(7)8)48(84)75-39(29(9)10)49(85)76-40(30(11)12)50(86)87)71-44(80)34(20-16-24-67-54(62)63)70-43(79)33(19-15-23-66-53(60)61)69-42(78)32(18-14-22-65-52(58)59)68-41(77)31(55)17-13-21-64-51(56)57/h25-40H,13-24,55H2,1-12H3,(H,68,77)(H,69,78)(H,70,79)(H,71,80)(H,72,81)(H,73,82)(H,74,83)(H,75,84)(H,76,85)(H,86,87)(H4,56,57,64)(H4,58,59,65)(H4,60,61,66)(H4,62,63,67)/t31-,32-,33-,34-,35-,36-,37-,38-,39-,40-/m0/s1. The Kier molecular flexibility index (Phi) is 36.4. The molecule has 0 aromatic rings. The van der Waals surface area contributed by atoms with Crippen LogP contribution in [0.5, 0.6) is 0 Å². The highest BCUT2D eigenvalue weighted by molar-refractivity contribution is 5.99. The van der Waals surface area contributed by atoms with E-state index in [4.69, 9.17) is 51.6 Å². The van der Waals surface area contributed by atoms with Crippen molar-refractivity contribution in [2.75, 3.05) is 26.2 Å². The minimum absolute atomic E-state index is 0.0139. The van der Waals surface area contributed by atoms with Gasteiger partial charge in [-0.2, -0.15) is 0 Å². The summed E-state index contributed by atoms with van der Waals surface area (Å²) in [5.41, 5.74) is 50.1. The number of hydrogen-bond donors (Lipinski definition) is 19. The fourth-order valence-electron chi connectivity index (χ4n) is 8.45. The summed E-state index contributed by atoms with van der Waals surface area (Å²) in [4.78, 5) is 154. The van der Waals surface area contributed by atoms with Crippen molar-refractivity contribution in [3.63, 3.8) is 0 Å². The van der Waals surface area contributed by atoms with Crippen molar-refractivity contribution in [2.24, 2.45) is 107 Å². The van der Waals surface area contributed by atoms with Crippen LogP contribution >= 0.6 is 0 Å². The fourth-order valence-corrected chi connectivity index (χ4v) is 8.45. The number of aliphatic imine (C=N–C) groups is 4. The van der Waals surface area contributed by atoms with Crippen molar-refractivity contribution in [1.29, 1.82) is 0 Å². The third-order valence-corrected chi connectivity index (χ3v) is 13.5. The Bertz CT molecular complexity index is 2380. The molecule has 10 atom stereocenters. The normalized spacial score (nSPS) is 14.7. The number of nitrogens with zero attached hydrogens (tertiary/aromatic N) is 4. The quantitative estimate of drug-likeness (QED) is 0.0155. The second-order valence-corrected chi connectivity index (χ2v) is 23.3. The molecule has 0 radical (unpaired) electrons. The zero-order valence-electron chi connectivity index (χ0n) is 52.7. The highest BCUT2D eigenvalue weighted by atomic mass is 16.4. The SMILES string of the molecule is CC(C)[C@H](NC(=O)[C@@H](NC(=O)[C@@H](NC(=O)[C@@H](NC(=O)[C@@H](NC(=O)[C@@H](NC(=O)[C@H](CCCN=C(N)N)NC(=O)[C@H](CCCN=C(N)N)NC(=O)[C@H](CCCN=C(N)N)NC(=O)[C@@H](N)CCCN=C(N)N)C(C)C)C(C)C)C(C)C)C(C)C)C(C)C)C(=O)O. The van der Waals surface area contributed by atoms with Crippen molar-refractivity contribution in [3.8, 4) is 0 Å². The van der Waals surface area contributed by atoms with Crippen molar-refractivity contribution in [2.45, 2.75) is 195 Å². The molecule has 0 rings (SSSR count). The van der Waals surface area contributed by atoms with E-state index in [0.29, 0.717) is 6.42 Å². The second kappa shape index (κ2) is 40.2. The molecule has 0 saturated heterocycles. The molecule has 0 spiro atoms. The molecule has 28 N–H and O–H groups in total. The van der Waals surface area contributed by atoms with E-state index in [1.54, 1.807) is 83.1 Å². The van der Waals surface area contributed by atoms with Crippen LogP contribution in [0.25, 0.3) is 0 Å². The van der Waals surface area contributed by atoms with E-state index in [1.165, 1.54) is 0 Å². The summed E-state index contributed by atoms with van der Waals surface area (Å²) in [6, 6.07) is -12.7. The van der Waals surface area contributed by atoms with Gasteiger partial charge in [0.1, 0.15) is 54.4 Å². The van der Waals surface area contributed by atoms with Gasteiger partial charge >= 0.3 is 5.97 Å². The Hall–Kier alpha value is -8.26. The summed E-state index contributed by atoms with van der Waals surface area (Å²) in [6.07, 6.45) is 0.732. The van der Waals surface area contributed by atoms with Gasteiger partial charge in [-0.15, -0.1) is 0 Å². The molecule has 0 bridgehead atoms. The third kappa shape index (κ3) is 31.1. The number of guanidine groups is 4. The largest absolute Gasteiger partial charge is 0.480 e. The molecule has 0 aromatic carbocycles. The van der Waals surface area contributed by atoms with Gasteiger partial charge in [0.15, 0.2) is 23.8 Å². The summed E-state index contributed by atoms with van der Waals surface area (Å²) >= 11 is 0. The lowest BCUT2D eigenvalue weighted by Crippen LogP contribution is -2.63. The molecule has 0 aliphatic heterocycles. The van der Waals surface area contributed by atoms with Crippen molar-refractivity contribution in [3.05, 3.63) is 0 Å². The maximum absolute atomic E-state index is 14.4. The molecular formula is C54H104N22O11. The van der Waals surface area contributed by atoms with Crippen LogP contribution in [0.2, 0.25) is 0 Å². The first kappa shape index (κ1) is 78.7. The van der Waals surface area contributed by atoms with Crippen LogP contribution in [0.1, 0.15) is 134 Å². The number of aliphatic carboxylic acids is 1. The third-order valence-electron chi connectivity index (χ3n) is 13.5. The van der Waals surface area contributed by atoms with Crippen molar-refractivity contribution in [1.82, 2.24) is 47.9 Å². The monoisotopic (exact) mass is 1240 g/mol. The molecule has 496 valence electrons. The van der Waals surface area contributed by atoms with E-state index >= 15 is 0 Å². The lowest BCUT2D eigenvalue weighted by molar-refractivity contribution is -0.144. The number of carboxylic acid groups (broad SMARTS) is 1. The number of hydrogen-bond acceptors (Lipinski definition) is 15. The van der Waals surface area contributed by atoms with Crippen LogP contribution in [0.15, 0.2) is 20.0 Å². The number of amides is 9. The molecule has 0 heterocycles. The first-order chi connectivity index (χ1) is 40.4. The van der Waals surface area contributed by atoms with Gasteiger partial charge in [0.2, 0.25) is 53.2 Å². The number of nitrogens with two attached hydrogens (primary N) is 9. The fraction of sp³-hybridized carbons (Fsp3) is 0.741. The van der Waals surface area contributed by atoms with Crippen LogP contribution in [0.3, 0.4) is 0 Å². The maximum atomic E-state index is 14.4. The molecule has 0 saturated carbocycles. The minimum Gasteiger partial charge on any atom is -0.480 e. The van der Waals surface area contributed by atoms with Crippen LogP contribution in [0, 0.1) is 35.5 Å². The first-order valence-electron chi connectivity index (χ1n) is 29.4. The Balaban J connectivity index is 6.92. The Morgan fingerprint density at radius 2 is 0.494 bits per heavy atom. The molecule has 0 aliphatic rings. The zero-order chi connectivity index (χ0) is 67.0. The van der Waals surface area contributed by atoms with Gasteiger partial charge in [0.05, 0.1) is 6.04 Å². The zero-order valence-corrected chi connectivity index (χ0v) is 52.7. The van der Waals surface area contributed by atoms with E-state index in [1.807, 2.05) is 0 Å². The summed E-state index contributed by atoms with van der Waals surface area (Å²) in [7, 11) is 0. The highest BCUT2D eigenvalue weighted by Gasteiger charge is 2.38. The maximum Gasteiger partial charge on any atom is 0.326 e. The topological polar surface area (TPSA) is 583 Å². The number of carbonyl (C=O) groups excluding carboxylic acids is 9. The van der Waals surface area contributed by atoms with Gasteiger partial charge in [-0.05, 0) is 86.9 Å². The van der Waals surface area contributed by atoms with Gasteiger partial charge in [0, 0.05) is 26.2 Å². The van der Waals surface area contributed by atoms with Gasteiger partial charge in [0.25, 0.3) is 0 Å². The predicted molar refractivity (Wildman–Crippen MR) is 332 cm³/mol. The van der Waals surface area contributed by atoms with Gasteiger partial charge in [-0.3, -0.25) is 63.1 Å². The first-order valence-corrected chi connectivity index (χ1v) is 29.4. The molecule has 87 heavy (non-hydrogen) atoms. The predicted octanol–water partition coefficient (Wildman–Crippen LogP) is -5.09. The van der Waals surface area contributed by atoms with E-state index in [0.717, 1.165) is 0 Å². The van der Waals surface area contributed by atoms with Gasteiger partial charge < -0.3 is 105 Å². The lowest BCUT2D eigenvalue weighted by Gasteiger charge is -2.32. The number of rotatable bonds is 41. The number of carbonyl (C=O) groups is 10. The van der Waals surface area contributed by atoms with Crippen LogP contribution in [-0.4, -0.2) is 175 Å². The Morgan fingerprint density at radius 3 is 0.713 bits per heavy atom. The average molecular weight is 1240 g/mol. The molecule has 9 amide bonds. The molecular weight excluding hydrogens is 1130 g/mol. The molecule has 0 unspecified atom stereocenters. The van der Waals surface area contributed by atoms with Crippen molar-refractivity contribution >= 4 is 83.0 Å². The molecule has 33 nitrogen and oxygen atoms in total. The Morgan fingerprint density at radius 1 is 0.299 bits per heavy atom. The summed E-state index contributed by atoms with van der Waals surface area (Å²) in [6.45, 7) is 20.1. The average Bonchev–Trinajstić information content (AvgIpc) is 3.05. The summed E-state index contributed by atoms with van der Waals surface area (Å²) in [5, 5.41) is 33.6. The van der Waals surface area contributed by atoms with E-state index in [2.05, 4.69) is 67.8 Å². The van der Waals surface area contributed by atoms with Gasteiger partial charge in [-0.1, -0.05) is 83.1 Å². The van der Waals surface area contributed by atoms with E-state index in [9.17, 15) is 53.1 Å². The molecule has 33 heteroatoms. The molecule has 0 aliphatic carbocycles. The van der Waals surface area contributed by atoms with E-state index < -0.39 is 155 Å². The summed E-state index contributed by atoms with van der Waals surface area (Å²) < 4.78 is 0. The Labute approximate surface area is 510 Å². The lowest BCUT2D eigenvalue weighted by atomic mass is 9.96. The van der Waals surface area contributed by atoms with Crippen LogP contribution in [-0.2, 0) is 47.9 Å². The number of nitrogens with one attached hydrogen (secondary N) is 9. The molecule has 0 fully saturated rings. The van der Waals surface area contributed by atoms with Crippen LogP contribution in [0.4, 0.5) is 0 Å². The highest BCUT2D eigenvalue weighted by Crippen LogP contribution is 2.14. The minimum atomic E-state index is -1.40. The second-order valence-electron chi connectivity index (χ2n) is 23.3. The van der Waals surface area contributed by atoms with Gasteiger partial charge in [-0.25, -0.2) is 4.79 Å². The van der Waals surface area contributed by atoms with E-state index in [-0.39, 0.29) is 95.0 Å². The number of carboxylic acids is 1. The smallest absolute Gasteiger partial charge is 0.326 e.